The lowest BCUT2D eigenvalue weighted by Crippen LogP contribution is -2.60. The lowest BCUT2D eigenvalue weighted by Gasteiger charge is -2.55. The van der Waals surface area contributed by atoms with Crippen LogP contribution in [0.3, 0.4) is 0 Å². The van der Waals surface area contributed by atoms with Crippen LogP contribution >= 0.6 is 12.2 Å². The molecule has 4 aliphatic rings. The number of hydrogen-bond donors (Lipinski definition) is 1. The molecule has 0 amide bonds. The molecule has 1 aromatic carbocycles. The fourth-order valence-corrected chi connectivity index (χ4v) is 6.49. The SMILES string of the molecule is FC(F)(F)c1cccc(NC(=S)N2CCCC3=C[C@@H]4C[C@H](CN5CCCC[C@H]45)[C@@H]32)c1. The monoisotopic (exact) mass is 435 g/mol. The first-order chi connectivity index (χ1) is 14.4. The first-order valence-corrected chi connectivity index (χ1v) is 11.5. The van der Waals surface area contributed by atoms with Gasteiger partial charge < -0.3 is 10.2 Å². The second-order valence-electron chi connectivity index (χ2n) is 9.21. The number of hydrogen-bond acceptors (Lipinski definition) is 2. The van der Waals surface area contributed by atoms with Crippen LogP contribution in [0.2, 0.25) is 0 Å². The summed E-state index contributed by atoms with van der Waals surface area (Å²) in [5, 5.41) is 3.65. The highest BCUT2D eigenvalue weighted by Crippen LogP contribution is 2.45. The Kier molecular flexibility index (Phi) is 5.30. The zero-order chi connectivity index (χ0) is 20.9. The van der Waals surface area contributed by atoms with Crippen molar-refractivity contribution in [2.24, 2.45) is 11.8 Å². The Morgan fingerprint density at radius 3 is 2.83 bits per heavy atom. The highest BCUT2D eigenvalue weighted by Gasteiger charge is 2.46. The lowest BCUT2D eigenvalue weighted by molar-refractivity contribution is -0.137. The van der Waals surface area contributed by atoms with Gasteiger partial charge >= 0.3 is 6.18 Å². The van der Waals surface area contributed by atoms with E-state index in [1.54, 1.807) is 6.07 Å². The Bertz CT molecular complexity index is 852. The Morgan fingerprint density at radius 1 is 1.13 bits per heavy atom. The topological polar surface area (TPSA) is 18.5 Å². The molecule has 0 unspecified atom stereocenters. The van der Waals surface area contributed by atoms with Crippen molar-refractivity contribution < 1.29 is 13.2 Å². The number of nitrogens with one attached hydrogen (secondary N) is 1. The first-order valence-electron chi connectivity index (χ1n) is 11.1. The van der Waals surface area contributed by atoms with Gasteiger partial charge in [0.25, 0.3) is 0 Å². The Hall–Kier alpha value is -1.60. The highest BCUT2D eigenvalue weighted by molar-refractivity contribution is 7.80. The first kappa shape index (κ1) is 20.3. The molecule has 0 radical (unpaired) electrons. The number of alkyl halides is 3. The van der Waals surface area contributed by atoms with Crippen LogP contribution in [-0.2, 0) is 6.18 Å². The normalized spacial score (nSPS) is 31.4. The van der Waals surface area contributed by atoms with Crippen molar-refractivity contribution in [3.8, 4) is 0 Å². The summed E-state index contributed by atoms with van der Waals surface area (Å²) in [6.45, 7) is 3.17. The van der Waals surface area contributed by atoms with Gasteiger partial charge in [-0.15, -0.1) is 0 Å². The van der Waals surface area contributed by atoms with Gasteiger partial charge in [-0.3, -0.25) is 4.90 Å². The van der Waals surface area contributed by atoms with E-state index in [0.717, 1.165) is 38.1 Å². The molecule has 7 heteroatoms. The van der Waals surface area contributed by atoms with Gasteiger partial charge in [0.15, 0.2) is 5.11 Å². The van der Waals surface area contributed by atoms with E-state index in [-0.39, 0.29) is 6.04 Å². The maximum absolute atomic E-state index is 13.1. The van der Waals surface area contributed by atoms with Crippen LogP contribution < -0.4 is 5.32 Å². The standard InChI is InChI=1S/C23H28F3N3S/c24-23(25,26)18-6-3-7-19(13-18)27-22(30)29-10-4-5-15-11-16-12-17(21(15)29)14-28-9-2-1-8-20(16)28/h3,6-7,11,13,16-17,20-21H,1-2,4-5,8-10,12,14H2,(H,27,30)/t16-,17-,20-,21-/m1/s1. The molecule has 3 aliphatic heterocycles. The fourth-order valence-electron chi connectivity index (χ4n) is 6.17. The number of nitrogens with zero attached hydrogens (tertiary/aromatic N) is 2. The molecular formula is C23H28F3N3S. The van der Waals surface area contributed by atoms with E-state index in [9.17, 15) is 13.2 Å². The van der Waals surface area contributed by atoms with Crippen LogP contribution in [0.4, 0.5) is 18.9 Å². The number of likely N-dealkylation sites (tertiary alicyclic amines) is 1. The molecule has 3 nitrogen and oxygen atoms in total. The summed E-state index contributed by atoms with van der Waals surface area (Å²) in [4.78, 5) is 4.93. The smallest absolute Gasteiger partial charge is 0.342 e. The maximum atomic E-state index is 13.1. The van der Waals surface area contributed by atoms with Gasteiger partial charge in [0, 0.05) is 24.8 Å². The average Bonchev–Trinajstić information content (AvgIpc) is 2.73. The number of thiocarbonyl (C=S) groups is 1. The van der Waals surface area contributed by atoms with E-state index in [2.05, 4.69) is 21.2 Å². The fraction of sp³-hybridized carbons (Fsp3) is 0.609. The summed E-state index contributed by atoms with van der Waals surface area (Å²) in [6.07, 6.45) is 5.48. The quantitative estimate of drug-likeness (QED) is 0.477. The molecule has 2 bridgehead atoms. The second kappa shape index (κ2) is 7.83. The maximum Gasteiger partial charge on any atom is 0.416 e. The van der Waals surface area contributed by atoms with Gasteiger partial charge in [-0.05, 0) is 80.9 Å². The number of piperidine rings is 3. The third-order valence-electron chi connectivity index (χ3n) is 7.36. The van der Waals surface area contributed by atoms with Crippen molar-refractivity contribution in [1.82, 2.24) is 9.80 Å². The van der Waals surface area contributed by atoms with Crippen LogP contribution in [0, 0.1) is 11.8 Å². The molecule has 3 saturated heterocycles. The van der Waals surface area contributed by atoms with Crippen LogP contribution in [0.15, 0.2) is 35.9 Å². The van der Waals surface area contributed by atoms with Crippen molar-refractivity contribution in [2.45, 2.75) is 56.8 Å². The molecule has 30 heavy (non-hydrogen) atoms. The van der Waals surface area contributed by atoms with Crippen LogP contribution in [0.25, 0.3) is 0 Å². The Balaban J connectivity index is 1.36. The van der Waals surface area contributed by atoms with Crippen LogP contribution in [0.1, 0.15) is 44.1 Å². The average molecular weight is 436 g/mol. The van der Waals surface area contributed by atoms with Gasteiger partial charge in [-0.25, -0.2) is 0 Å². The zero-order valence-electron chi connectivity index (χ0n) is 17.0. The van der Waals surface area contributed by atoms with E-state index in [4.69, 9.17) is 12.2 Å². The Morgan fingerprint density at radius 2 is 2.00 bits per heavy atom. The predicted molar refractivity (Wildman–Crippen MR) is 116 cm³/mol. The molecule has 0 spiro atoms. The highest BCUT2D eigenvalue weighted by atomic mass is 32.1. The van der Waals surface area contributed by atoms with E-state index in [0.29, 0.717) is 28.7 Å². The summed E-state index contributed by atoms with van der Waals surface area (Å²) in [7, 11) is 0. The Labute approximate surface area is 181 Å². The molecule has 1 N–H and O–H groups in total. The molecule has 1 aliphatic carbocycles. The number of rotatable bonds is 1. The summed E-state index contributed by atoms with van der Waals surface area (Å²) < 4.78 is 39.2. The van der Waals surface area contributed by atoms with Crippen molar-refractivity contribution in [1.29, 1.82) is 0 Å². The van der Waals surface area contributed by atoms with E-state index in [1.165, 1.54) is 43.9 Å². The minimum absolute atomic E-state index is 0.281. The minimum Gasteiger partial charge on any atom is -0.342 e. The minimum atomic E-state index is -4.36. The third kappa shape index (κ3) is 3.75. The largest absolute Gasteiger partial charge is 0.416 e. The van der Waals surface area contributed by atoms with Crippen LogP contribution in [0.5, 0.6) is 0 Å². The van der Waals surface area contributed by atoms with E-state index < -0.39 is 11.7 Å². The van der Waals surface area contributed by atoms with Gasteiger partial charge in [0.05, 0.1) is 11.6 Å². The van der Waals surface area contributed by atoms with Gasteiger partial charge in [-0.2, -0.15) is 13.2 Å². The van der Waals surface area contributed by atoms with Gasteiger partial charge in [0.1, 0.15) is 0 Å². The molecule has 3 fully saturated rings. The molecule has 0 aromatic heterocycles. The molecule has 5 rings (SSSR count). The number of halogens is 3. The lowest BCUT2D eigenvalue weighted by atomic mass is 9.68. The van der Waals surface area contributed by atoms with Gasteiger partial charge in [0.2, 0.25) is 0 Å². The van der Waals surface area contributed by atoms with Crippen molar-refractivity contribution in [3.63, 3.8) is 0 Å². The number of benzene rings is 1. The van der Waals surface area contributed by atoms with Crippen molar-refractivity contribution in [3.05, 3.63) is 41.5 Å². The van der Waals surface area contributed by atoms with E-state index in [1.807, 2.05) is 0 Å². The summed E-state index contributed by atoms with van der Waals surface area (Å²) in [6, 6.07) is 6.30. The summed E-state index contributed by atoms with van der Waals surface area (Å²) >= 11 is 5.72. The van der Waals surface area contributed by atoms with Gasteiger partial charge in [-0.1, -0.05) is 24.1 Å². The van der Waals surface area contributed by atoms with Crippen LogP contribution in [-0.4, -0.2) is 46.6 Å². The van der Waals surface area contributed by atoms with Crippen molar-refractivity contribution in [2.75, 3.05) is 25.0 Å². The molecule has 0 saturated carbocycles. The molecular weight excluding hydrogens is 407 g/mol. The number of anilines is 1. The molecule has 1 aromatic rings. The summed E-state index contributed by atoms with van der Waals surface area (Å²) in [5.41, 5.74) is 1.25. The van der Waals surface area contributed by atoms with Crippen molar-refractivity contribution >= 4 is 23.0 Å². The summed E-state index contributed by atoms with van der Waals surface area (Å²) in [5.74, 6) is 1.20. The second-order valence-corrected chi connectivity index (χ2v) is 9.60. The predicted octanol–water partition coefficient (Wildman–Crippen LogP) is 5.30. The van der Waals surface area contributed by atoms with E-state index >= 15 is 0 Å². The third-order valence-corrected chi connectivity index (χ3v) is 7.70. The number of fused-ring (bicyclic) bond motifs is 6. The molecule has 162 valence electrons. The molecule has 4 atom stereocenters. The zero-order valence-corrected chi connectivity index (χ0v) is 17.8. The molecule has 3 heterocycles.